The molecule has 0 aromatic carbocycles. The molecule has 10 heavy (non-hydrogen) atoms. The van der Waals surface area contributed by atoms with E-state index in [0.29, 0.717) is 12.0 Å². The topological polar surface area (TPSA) is 52.0 Å². The van der Waals surface area contributed by atoms with Crippen LogP contribution in [0.5, 0.6) is 0 Å². The van der Waals surface area contributed by atoms with Gasteiger partial charge in [-0.25, -0.2) is 0 Å². The van der Waals surface area contributed by atoms with Crippen LogP contribution < -0.4 is 11.5 Å². The van der Waals surface area contributed by atoms with E-state index in [9.17, 15) is 0 Å². The third-order valence-electron chi connectivity index (χ3n) is 2.27. The first-order chi connectivity index (χ1) is 4.34. The Morgan fingerprint density at radius 3 is 2.20 bits per heavy atom. The van der Waals surface area contributed by atoms with Gasteiger partial charge >= 0.3 is 0 Å². The van der Waals surface area contributed by atoms with Crippen LogP contribution in [-0.4, -0.2) is 12.6 Å². The summed E-state index contributed by atoms with van der Waals surface area (Å²) < 4.78 is 0. The monoisotopic (exact) mass is 323 g/mol. The maximum Gasteiger partial charge on any atom is 0.00792 e. The first-order valence-electron chi connectivity index (χ1n) is 3.80. The molecular formula is C7H16N2Pt. The molecule has 2 atom stereocenters. The molecular weight excluding hydrogens is 307 g/mol. The number of hydrogen-bond acceptors (Lipinski definition) is 2. The molecule has 0 heterocycles. The van der Waals surface area contributed by atoms with Gasteiger partial charge in [-0.15, -0.1) is 0 Å². The second-order valence-corrected chi connectivity index (χ2v) is 2.94. The van der Waals surface area contributed by atoms with E-state index in [1.165, 1.54) is 25.7 Å². The van der Waals surface area contributed by atoms with Crippen LogP contribution >= 0.6 is 0 Å². The standard InChI is InChI=1S/C7H16N2.Pt/c8-5-6-3-1-2-4-7(6)9;/h6-7H,1-5,8-9H2;/t6-,7+;/m1./s1. The zero-order valence-corrected chi connectivity index (χ0v) is 8.43. The normalized spacial score (nSPS) is 33.0. The number of hydrogen-bond donors (Lipinski definition) is 2. The summed E-state index contributed by atoms with van der Waals surface area (Å²) in [6.45, 7) is 0.779. The van der Waals surface area contributed by atoms with Crippen LogP contribution in [-0.2, 0) is 21.1 Å². The van der Waals surface area contributed by atoms with Crippen LogP contribution in [0, 0.1) is 5.92 Å². The van der Waals surface area contributed by atoms with Gasteiger partial charge in [-0.3, -0.25) is 0 Å². The Morgan fingerprint density at radius 2 is 1.80 bits per heavy atom. The maximum absolute atomic E-state index is 5.81. The summed E-state index contributed by atoms with van der Waals surface area (Å²) in [6.07, 6.45) is 5.06. The van der Waals surface area contributed by atoms with Crippen LogP contribution in [0.1, 0.15) is 25.7 Å². The molecule has 0 amide bonds. The summed E-state index contributed by atoms with van der Waals surface area (Å²) in [5, 5.41) is 0. The molecule has 2 nitrogen and oxygen atoms in total. The predicted octanol–water partition coefficient (Wildman–Crippen LogP) is 0.460. The molecule has 0 aliphatic heterocycles. The zero-order chi connectivity index (χ0) is 6.69. The third kappa shape index (κ3) is 2.69. The fourth-order valence-electron chi connectivity index (χ4n) is 1.53. The van der Waals surface area contributed by atoms with Gasteiger partial charge in [-0.05, 0) is 25.3 Å². The summed E-state index contributed by atoms with van der Waals surface area (Å²) in [4.78, 5) is 0. The van der Waals surface area contributed by atoms with Gasteiger partial charge in [-0.2, -0.15) is 0 Å². The van der Waals surface area contributed by atoms with E-state index >= 15 is 0 Å². The molecule has 3 heteroatoms. The van der Waals surface area contributed by atoms with Gasteiger partial charge in [0.1, 0.15) is 0 Å². The summed E-state index contributed by atoms with van der Waals surface area (Å²) in [5.41, 5.74) is 11.3. The fraction of sp³-hybridized carbons (Fsp3) is 1.00. The van der Waals surface area contributed by atoms with Crippen LogP contribution in [0.2, 0.25) is 0 Å². The van der Waals surface area contributed by atoms with Crippen molar-refractivity contribution in [1.82, 2.24) is 0 Å². The minimum atomic E-state index is 0. The third-order valence-corrected chi connectivity index (χ3v) is 2.27. The van der Waals surface area contributed by atoms with E-state index < -0.39 is 0 Å². The first kappa shape index (κ1) is 10.6. The van der Waals surface area contributed by atoms with Crippen molar-refractivity contribution in [3.8, 4) is 0 Å². The molecule has 0 bridgehead atoms. The fourth-order valence-corrected chi connectivity index (χ4v) is 1.53. The molecule has 1 aliphatic rings. The van der Waals surface area contributed by atoms with E-state index in [1.807, 2.05) is 0 Å². The molecule has 0 saturated heterocycles. The van der Waals surface area contributed by atoms with Crippen molar-refractivity contribution in [3.63, 3.8) is 0 Å². The molecule has 0 aromatic rings. The van der Waals surface area contributed by atoms with Gasteiger partial charge in [0.2, 0.25) is 0 Å². The van der Waals surface area contributed by atoms with Crippen molar-refractivity contribution in [3.05, 3.63) is 0 Å². The zero-order valence-electron chi connectivity index (χ0n) is 6.16. The minimum Gasteiger partial charge on any atom is -0.330 e. The van der Waals surface area contributed by atoms with E-state index in [2.05, 4.69) is 0 Å². The quantitative estimate of drug-likeness (QED) is 0.737. The summed E-state index contributed by atoms with van der Waals surface area (Å²) in [5.74, 6) is 0.610. The van der Waals surface area contributed by atoms with Gasteiger partial charge in [0.05, 0.1) is 0 Å². The Hall–Kier alpha value is 0.608. The van der Waals surface area contributed by atoms with Gasteiger partial charge in [0.15, 0.2) is 0 Å². The molecule has 0 aromatic heterocycles. The Balaban J connectivity index is 0.000000810. The Morgan fingerprint density at radius 1 is 1.20 bits per heavy atom. The van der Waals surface area contributed by atoms with Crippen molar-refractivity contribution in [2.24, 2.45) is 17.4 Å². The van der Waals surface area contributed by atoms with Gasteiger partial charge in [0.25, 0.3) is 0 Å². The Kier molecular flexibility index (Phi) is 5.61. The van der Waals surface area contributed by atoms with E-state index in [1.54, 1.807) is 0 Å². The van der Waals surface area contributed by atoms with Gasteiger partial charge in [-0.1, -0.05) is 12.8 Å². The molecule has 4 N–H and O–H groups in total. The van der Waals surface area contributed by atoms with Gasteiger partial charge < -0.3 is 11.5 Å². The van der Waals surface area contributed by atoms with Crippen LogP contribution in [0.4, 0.5) is 0 Å². The van der Waals surface area contributed by atoms with E-state index in [-0.39, 0.29) is 21.1 Å². The predicted molar refractivity (Wildman–Crippen MR) is 39.0 cm³/mol. The van der Waals surface area contributed by atoms with Gasteiger partial charge in [0, 0.05) is 27.1 Å². The minimum absolute atomic E-state index is 0. The Bertz CT molecular complexity index is 87.7. The second-order valence-electron chi connectivity index (χ2n) is 2.94. The SMILES string of the molecule is NC[C@H]1CCCC[C@@H]1N.[Pt]. The summed E-state index contributed by atoms with van der Waals surface area (Å²) in [6, 6.07) is 0.392. The second kappa shape index (κ2) is 5.28. The Labute approximate surface area is 77.0 Å². The average molecular weight is 323 g/mol. The molecule has 0 unspecified atom stereocenters. The molecule has 1 fully saturated rings. The van der Waals surface area contributed by atoms with Crippen molar-refractivity contribution in [1.29, 1.82) is 0 Å². The van der Waals surface area contributed by atoms with Crippen molar-refractivity contribution >= 4 is 0 Å². The molecule has 1 saturated carbocycles. The summed E-state index contributed by atoms with van der Waals surface area (Å²) >= 11 is 0. The molecule has 64 valence electrons. The van der Waals surface area contributed by atoms with Crippen molar-refractivity contribution in [2.45, 2.75) is 31.7 Å². The molecule has 1 aliphatic carbocycles. The van der Waals surface area contributed by atoms with Crippen LogP contribution in [0.3, 0.4) is 0 Å². The van der Waals surface area contributed by atoms with Crippen LogP contribution in [0.25, 0.3) is 0 Å². The van der Waals surface area contributed by atoms with E-state index in [0.717, 1.165) is 6.54 Å². The van der Waals surface area contributed by atoms with Crippen molar-refractivity contribution < 1.29 is 21.1 Å². The largest absolute Gasteiger partial charge is 0.330 e. The first-order valence-corrected chi connectivity index (χ1v) is 3.80. The summed E-state index contributed by atoms with van der Waals surface area (Å²) in [7, 11) is 0. The molecule has 1 rings (SSSR count). The number of nitrogens with two attached hydrogens (primary N) is 2. The smallest absolute Gasteiger partial charge is 0.00792 e. The van der Waals surface area contributed by atoms with Crippen molar-refractivity contribution in [2.75, 3.05) is 6.54 Å². The van der Waals surface area contributed by atoms with E-state index in [4.69, 9.17) is 11.5 Å². The average Bonchev–Trinajstić information content (AvgIpc) is 1.89. The molecule has 0 radical (unpaired) electrons. The molecule has 0 spiro atoms. The maximum atomic E-state index is 5.81. The van der Waals surface area contributed by atoms with Crippen LogP contribution in [0.15, 0.2) is 0 Å². The number of rotatable bonds is 1.